The maximum absolute atomic E-state index is 12.6. The van der Waals surface area contributed by atoms with Gasteiger partial charge < -0.3 is 0 Å². The Bertz CT molecular complexity index is 414. The molecule has 5 heteroatoms. The summed E-state index contributed by atoms with van der Waals surface area (Å²) in [6.45, 7) is 3.29. The summed E-state index contributed by atoms with van der Waals surface area (Å²) in [4.78, 5) is 0. The summed E-state index contributed by atoms with van der Waals surface area (Å²) >= 11 is 0. The highest BCUT2D eigenvalue weighted by Gasteiger charge is 2.13. The van der Waals surface area contributed by atoms with Crippen molar-refractivity contribution in [2.75, 3.05) is 5.75 Å². The van der Waals surface area contributed by atoms with Gasteiger partial charge in [0.2, 0.25) is 10.0 Å². The van der Waals surface area contributed by atoms with Crippen LogP contribution >= 0.6 is 0 Å². The average molecular weight is 231 g/mol. The minimum atomic E-state index is -3.22. The third-order valence-corrected chi connectivity index (χ3v) is 3.58. The fraction of sp³-hybridized carbons (Fsp3) is 0.400. The lowest BCUT2D eigenvalue weighted by molar-refractivity contribution is 0.567. The predicted octanol–water partition coefficient (Wildman–Crippen LogP) is 1.83. The summed E-state index contributed by atoms with van der Waals surface area (Å²) in [5.74, 6) is -0.289. The minimum Gasteiger partial charge on any atom is -0.212 e. The van der Waals surface area contributed by atoms with E-state index in [0.717, 1.165) is 5.56 Å². The van der Waals surface area contributed by atoms with E-state index in [4.69, 9.17) is 0 Å². The van der Waals surface area contributed by atoms with Crippen LogP contribution < -0.4 is 4.72 Å². The highest BCUT2D eigenvalue weighted by Crippen LogP contribution is 2.13. The molecule has 3 nitrogen and oxygen atoms in total. The normalized spacial score (nSPS) is 13.8. The largest absolute Gasteiger partial charge is 0.212 e. The molecule has 84 valence electrons. The molecule has 1 N–H and O–H groups in total. The van der Waals surface area contributed by atoms with Crippen molar-refractivity contribution in [1.29, 1.82) is 0 Å². The van der Waals surface area contributed by atoms with Gasteiger partial charge in [-0.15, -0.1) is 0 Å². The maximum atomic E-state index is 12.6. The molecular weight excluding hydrogens is 217 g/mol. The van der Waals surface area contributed by atoms with E-state index in [1.807, 2.05) is 0 Å². The van der Waals surface area contributed by atoms with Crippen LogP contribution in [-0.4, -0.2) is 14.2 Å². The number of sulfonamides is 1. The molecule has 0 radical (unpaired) electrons. The van der Waals surface area contributed by atoms with Crippen molar-refractivity contribution in [3.63, 3.8) is 0 Å². The maximum Gasteiger partial charge on any atom is 0.211 e. The zero-order valence-electron chi connectivity index (χ0n) is 8.70. The van der Waals surface area contributed by atoms with Gasteiger partial charge in [-0.3, -0.25) is 0 Å². The molecule has 1 atom stereocenters. The lowest BCUT2D eigenvalue weighted by atomic mass is 10.1. The Labute approximate surface area is 89.4 Å². The second kappa shape index (κ2) is 4.72. The molecule has 0 spiro atoms. The summed E-state index contributed by atoms with van der Waals surface area (Å²) in [6.07, 6.45) is 0. The molecular formula is C10H14FNO2S. The Kier molecular flexibility index (Phi) is 3.82. The van der Waals surface area contributed by atoms with Crippen molar-refractivity contribution in [3.8, 4) is 0 Å². The van der Waals surface area contributed by atoms with Crippen LogP contribution in [-0.2, 0) is 10.0 Å². The van der Waals surface area contributed by atoms with Crippen molar-refractivity contribution < 1.29 is 12.8 Å². The molecule has 0 bridgehead atoms. The highest BCUT2D eigenvalue weighted by atomic mass is 32.2. The fourth-order valence-corrected chi connectivity index (χ4v) is 2.01. The number of nitrogens with one attached hydrogen (secondary N) is 1. The molecule has 0 saturated carbocycles. The Morgan fingerprint density at radius 1 is 1.33 bits per heavy atom. The van der Waals surface area contributed by atoms with Crippen LogP contribution in [0.5, 0.6) is 0 Å². The molecule has 1 aromatic carbocycles. The van der Waals surface area contributed by atoms with Crippen LogP contribution in [0.25, 0.3) is 0 Å². The predicted molar refractivity (Wildman–Crippen MR) is 57.4 cm³/mol. The fourth-order valence-electron chi connectivity index (χ4n) is 1.17. The van der Waals surface area contributed by atoms with Crippen molar-refractivity contribution in [1.82, 2.24) is 4.72 Å². The summed E-state index contributed by atoms with van der Waals surface area (Å²) in [5.41, 5.74) is 0.744. The van der Waals surface area contributed by atoms with Gasteiger partial charge in [-0.25, -0.2) is 17.5 Å². The summed E-state index contributed by atoms with van der Waals surface area (Å²) in [5, 5.41) is 0. The Morgan fingerprint density at radius 2 is 1.87 bits per heavy atom. The van der Waals surface area contributed by atoms with Crippen LogP contribution in [0.15, 0.2) is 24.3 Å². The van der Waals surface area contributed by atoms with E-state index in [2.05, 4.69) is 4.72 Å². The lowest BCUT2D eigenvalue weighted by Gasteiger charge is -2.13. The van der Waals surface area contributed by atoms with Gasteiger partial charge in [0.25, 0.3) is 0 Å². The van der Waals surface area contributed by atoms with E-state index in [-0.39, 0.29) is 17.6 Å². The molecule has 0 aliphatic heterocycles. The zero-order chi connectivity index (χ0) is 11.5. The van der Waals surface area contributed by atoms with Gasteiger partial charge in [-0.2, -0.15) is 0 Å². The molecule has 0 aliphatic rings. The van der Waals surface area contributed by atoms with Crippen molar-refractivity contribution in [2.45, 2.75) is 19.9 Å². The molecule has 0 aliphatic carbocycles. The van der Waals surface area contributed by atoms with Gasteiger partial charge >= 0.3 is 0 Å². The minimum absolute atomic E-state index is 0.0402. The SMILES string of the molecule is CCS(=O)(=O)N[C@@H](C)c1ccc(F)cc1. The lowest BCUT2D eigenvalue weighted by Crippen LogP contribution is -2.28. The first-order chi connectivity index (χ1) is 6.94. The quantitative estimate of drug-likeness (QED) is 0.859. The second-order valence-corrected chi connectivity index (χ2v) is 5.34. The number of halogens is 1. The molecule has 0 unspecified atom stereocenters. The van der Waals surface area contributed by atoms with Gasteiger partial charge in [-0.05, 0) is 31.5 Å². The second-order valence-electron chi connectivity index (χ2n) is 3.29. The number of benzene rings is 1. The molecule has 1 aromatic rings. The van der Waals surface area contributed by atoms with Gasteiger partial charge in [0.05, 0.1) is 5.75 Å². The van der Waals surface area contributed by atoms with Gasteiger partial charge in [-0.1, -0.05) is 12.1 Å². The van der Waals surface area contributed by atoms with E-state index >= 15 is 0 Å². The van der Waals surface area contributed by atoms with E-state index in [0.29, 0.717) is 0 Å². The number of hydrogen-bond donors (Lipinski definition) is 1. The molecule has 0 aromatic heterocycles. The molecule has 0 heterocycles. The molecule has 15 heavy (non-hydrogen) atoms. The van der Waals surface area contributed by atoms with Gasteiger partial charge in [0, 0.05) is 6.04 Å². The number of rotatable bonds is 4. The van der Waals surface area contributed by atoms with E-state index < -0.39 is 10.0 Å². The third kappa shape index (κ3) is 3.60. The summed E-state index contributed by atoms with van der Waals surface area (Å²) < 4.78 is 37.6. The Morgan fingerprint density at radius 3 is 2.33 bits per heavy atom. The molecule has 0 fully saturated rings. The zero-order valence-corrected chi connectivity index (χ0v) is 9.51. The van der Waals surface area contributed by atoms with Crippen LogP contribution in [0.2, 0.25) is 0 Å². The first-order valence-corrected chi connectivity index (χ1v) is 6.35. The molecule has 0 saturated heterocycles. The van der Waals surface area contributed by atoms with Crippen molar-refractivity contribution in [2.24, 2.45) is 0 Å². The van der Waals surface area contributed by atoms with Crippen molar-refractivity contribution in [3.05, 3.63) is 35.6 Å². The van der Waals surface area contributed by atoms with Crippen LogP contribution in [0, 0.1) is 5.82 Å². The average Bonchev–Trinajstić information content (AvgIpc) is 2.18. The summed E-state index contributed by atoms with van der Waals surface area (Å²) in [6, 6.07) is 5.42. The van der Waals surface area contributed by atoms with Crippen LogP contribution in [0.1, 0.15) is 25.5 Å². The van der Waals surface area contributed by atoms with Crippen LogP contribution in [0.3, 0.4) is 0 Å². The summed E-state index contributed by atoms with van der Waals surface area (Å²) in [7, 11) is -3.22. The first-order valence-electron chi connectivity index (χ1n) is 4.70. The number of hydrogen-bond acceptors (Lipinski definition) is 2. The van der Waals surface area contributed by atoms with Crippen LogP contribution in [0.4, 0.5) is 4.39 Å². The van der Waals surface area contributed by atoms with Crippen molar-refractivity contribution >= 4 is 10.0 Å². The van der Waals surface area contributed by atoms with E-state index in [1.165, 1.54) is 12.1 Å². The molecule has 0 amide bonds. The smallest absolute Gasteiger partial charge is 0.211 e. The monoisotopic (exact) mass is 231 g/mol. The highest BCUT2D eigenvalue weighted by molar-refractivity contribution is 7.89. The van der Waals surface area contributed by atoms with Gasteiger partial charge in [0.1, 0.15) is 5.82 Å². The van der Waals surface area contributed by atoms with E-state index in [9.17, 15) is 12.8 Å². The molecule has 1 rings (SSSR count). The topological polar surface area (TPSA) is 46.2 Å². The third-order valence-electron chi connectivity index (χ3n) is 2.11. The standard InChI is InChI=1S/C10H14FNO2S/c1-3-15(13,14)12-8(2)9-4-6-10(11)7-5-9/h4-8,12H,3H2,1-2H3/t8-/m0/s1. The first kappa shape index (κ1) is 12.1. The van der Waals surface area contributed by atoms with Gasteiger partial charge in [0.15, 0.2) is 0 Å². The Balaban J connectivity index is 2.78. The Hall–Kier alpha value is -0.940. The van der Waals surface area contributed by atoms with E-state index in [1.54, 1.807) is 26.0 Å².